The average Bonchev–Trinajstić information content (AvgIpc) is 2.55. The molecule has 0 unspecified atom stereocenters. The van der Waals surface area contributed by atoms with E-state index in [2.05, 4.69) is 22.7 Å². The van der Waals surface area contributed by atoms with Gasteiger partial charge in [-0.05, 0) is 42.4 Å². The summed E-state index contributed by atoms with van der Waals surface area (Å²) in [5.74, 6) is 1.06. The van der Waals surface area contributed by atoms with Crippen LogP contribution in [0.3, 0.4) is 0 Å². The van der Waals surface area contributed by atoms with Crippen LogP contribution in [0.15, 0.2) is 47.6 Å². The lowest BCUT2D eigenvalue weighted by Gasteiger charge is -2.14. The van der Waals surface area contributed by atoms with Gasteiger partial charge in [-0.1, -0.05) is 41.9 Å². The number of hydrazone groups is 1. The fourth-order valence-electron chi connectivity index (χ4n) is 1.97. The summed E-state index contributed by atoms with van der Waals surface area (Å²) < 4.78 is 11.5. The first-order valence-electron chi connectivity index (χ1n) is 7.31. The van der Waals surface area contributed by atoms with E-state index in [-0.39, 0.29) is 5.11 Å². The van der Waals surface area contributed by atoms with Gasteiger partial charge in [-0.25, -0.2) is 0 Å². The van der Waals surface area contributed by atoms with Crippen molar-refractivity contribution in [3.63, 3.8) is 0 Å². The van der Waals surface area contributed by atoms with Crippen molar-refractivity contribution in [3.8, 4) is 11.5 Å². The summed E-state index contributed by atoms with van der Waals surface area (Å²) in [5.41, 5.74) is 9.59. The maximum Gasteiger partial charge on any atom is 0.184 e. The molecule has 3 N–H and O–H groups in total. The van der Waals surface area contributed by atoms with E-state index in [9.17, 15) is 0 Å². The molecule has 2 rings (SSSR count). The van der Waals surface area contributed by atoms with Crippen LogP contribution in [0, 0.1) is 0 Å². The minimum atomic E-state index is 0.0881. The molecule has 0 fully saturated rings. The van der Waals surface area contributed by atoms with Crippen molar-refractivity contribution >= 4 is 35.1 Å². The molecule has 0 aliphatic carbocycles. The number of nitrogens with zero attached hydrogens (tertiary/aromatic N) is 1. The fourth-order valence-corrected chi connectivity index (χ4v) is 2.29. The number of thiocarbonyl (C=S) groups is 1. The number of nitrogens with one attached hydrogen (secondary N) is 1. The van der Waals surface area contributed by atoms with E-state index in [1.165, 1.54) is 0 Å². The third-order valence-electron chi connectivity index (χ3n) is 2.95. The van der Waals surface area contributed by atoms with Crippen LogP contribution in [0.2, 0.25) is 5.02 Å². The van der Waals surface area contributed by atoms with Crippen LogP contribution in [-0.4, -0.2) is 17.9 Å². The number of hydrogen-bond donors (Lipinski definition) is 2. The molecule has 0 aromatic heterocycles. The maximum atomic E-state index is 6.34. The summed E-state index contributed by atoms with van der Waals surface area (Å²) in [5, 5.41) is 4.44. The van der Waals surface area contributed by atoms with Gasteiger partial charge in [0.1, 0.15) is 6.61 Å². The molecule has 0 saturated carbocycles. The number of benzene rings is 2. The first-order chi connectivity index (χ1) is 11.6. The molecule has 2 aromatic carbocycles. The highest BCUT2D eigenvalue weighted by Gasteiger charge is 2.12. The predicted molar refractivity (Wildman–Crippen MR) is 101 cm³/mol. The van der Waals surface area contributed by atoms with Gasteiger partial charge in [0.25, 0.3) is 0 Å². The van der Waals surface area contributed by atoms with Gasteiger partial charge in [0.15, 0.2) is 16.6 Å². The zero-order valence-corrected chi connectivity index (χ0v) is 14.7. The van der Waals surface area contributed by atoms with Crippen LogP contribution in [0.25, 0.3) is 0 Å². The first-order valence-corrected chi connectivity index (χ1v) is 8.10. The van der Waals surface area contributed by atoms with Gasteiger partial charge in [-0.2, -0.15) is 5.10 Å². The van der Waals surface area contributed by atoms with E-state index >= 15 is 0 Å². The molecule has 2 aromatic rings. The molecule has 0 heterocycles. The second kappa shape index (κ2) is 9.10. The topological polar surface area (TPSA) is 68.9 Å². The molecular formula is C17H18ClN3O2S. The van der Waals surface area contributed by atoms with Gasteiger partial charge >= 0.3 is 0 Å². The molecule has 0 aliphatic rings. The number of rotatable bonds is 7. The second-order valence-corrected chi connectivity index (χ2v) is 5.62. The Morgan fingerprint density at radius 2 is 2.04 bits per heavy atom. The summed E-state index contributed by atoms with van der Waals surface area (Å²) in [6, 6.07) is 13.4. The van der Waals surface area contributed by atoms with Crippen molar-refractivity contribution < 1.29 is 9.47 Å². The molecule has 7 heteroatoms. The normalized spacial score (nSPS) is 10.6. The summed E-state index contributed by atoms with van der Waals surface area (Å²) in [6.45, 7) is 2.78. The lowest BCUT2D eigenvalue weighted by atomic mass is 10.2. The summed E-state index contributed by atoms with van der Waals surface area (Å²) >= 11 is 11.0. The van der Waals surface area contributed by atoms with Crippen LogP contribution in [0.4, 0.5) is 0 Å². The Morgan fingerprint density at radius 3 is 2.71 bits per heavy atom. The van der Waals surface area contributed by atoms with Crippen molar-refractivity contribution in [2.24, 2.45) is 10.8 Å². The number of nitrogens with two attached hydrogens (primary N) is 1. The lowest BCUT2D eigenvalue weighted by molar-refractivity contribution is 0.269. The molecule has 0 spiro atoms. The quantitative estimate of drug-likeness (QED) is 0.447. The molecule has 0 aliphatic heterocycles. The van der Waals surface area contributed by atoms with Gasteiger partial charge < -0.3 is 15.2 Å². The Kier molecular flexibility index (Phi) is 6.84. The standard InChI is InChI=1S/C17H18ClN3O2S/c1-2-22-15-9-13(10-20-21-17(19)24)8-14(18)16(15)23-11-12-6-4-3-5-7-12/h3-10H,2,11H2,1H3,(H3,19,21,24)/b20-10-. The van der Waals surface area contributed by atoms with Crippen molar-refractivity contribution in [2.75, 3.05) is 6.61 Å². The van der Waals surface area contributed by atoms with Crippen molar-refractivity contribution in [3.05, 3.63) is 58.6 Å². The van der Waals surface area contributed by atoms with Crippen LogP contribution in [-0.2, 0) is 6.61 Å². The van der Waals surface area contributed by atoms with Crippen molar-refractivity contribution in [1.29, 1.82) is 0 Å². The van der Waals surface area contributed by atoms with E-state index in [4.69, 9.17) is 26.8 Å². The molecule has 5 nitrogen and oxygen atoms in total. The van der Waals surface area contributed by atoms with Crippen LogP contribution in [0.1, 0.15) is 18.1 Å². The van der Waals surface area contributed by atoms with Gasteiger partial charge in [0.05, 0.1) is 17.8 Å². The fraction of sp³-hybridized carbons (Fsp3) is 0.176. The highest BCUT2D eigenvalue weighted by molar-refractivity contribution is 7.80. The van der Waals surface area contributed by atoms with Gasteiger partial charge in [0.2, 0.25) is 0 Å². The first kappa shape index (κ1) is 18.0. The number of ether oxygens (including phenoxy) is 2. The van der Waals surface area contributed by atoms with Crippen LogP contribution in [0.5, 0.6) is 11.5 Å². The average molecular weight is 364 g/mol. The molecule has 0 amide bonds. The SMILES string of the molecule is CCOc1cc(/C=N\NC(N)=S)cc(Cl)c1OCc1ccccc1. The number of halogens is 1. The van der Waals surface area contributed by atoms with E-state index in [0.717, 1.165) is 11.1 Å². The van der Waals surface area contributed by atoms with E-state index in [1.807, 2.05) is 37.3 Å². The maximum absolute atomic E-state index is 6.34. The Hall–Kier alpha value is -2.31. The van der Waals surface area contributed by atoms with E-state index < -0.39 is 0 Å². The molecule has 0 radical (unpaired) electrons. The van der Waals surface area contributed by atoms with Gasteiger partial charge in [-0.3, -0.25) is 5.43 Å². The van der Waals surface area contributed by atoms with E-state index in [0.29, 0.717) is 29.7 Å². The minimum absolute atomic E-state index is 0.0881. The summed E-state index contributed by atoms with van der Waals surface area (Å²) in [7, 11) is 0. The Morgan fingerprint density at radius 1 is 1.29 bits per heavy atom. The minimum Gasteiger partial charge on any atom is -0.490 e. The van der Waals surface area contributed by atoms with Gasteiger partial charge in [-0.15, -0.1) is 0 Å². The van der Waals surface area contributed by atoms with Crippen molar-refractivity contribution in [1.82, 2.24) is 5.43 Å². The smallest absolute Gasteiger partial charge is 0.184 e. The largest absolute Gasteiger partial charge is 0.490 e. The van der Waals surface area contributed by atoms with Gasteiger partial charge in [0, 0.05) is 0 Å². The molecule has 0 atom stereocenters. The molecule has 0 bridgehead atoms. The second-order valence-electron chi connectivity index (χ2n) is 4.77. The summed E-state index contributed by atoms with van der Waals surface area (Å²) in [6.07, 6.45) is 1.55. The van der Waals surface area contributed by atoms with Crippen molar-refractivity contribution in [2.45, 2.75) is 13.5 Å². The monoisotopic (exact) mass is 363 g/mol. The lowest BCUT2D eigenvalue weighted by Crippen LogP contribution is -2.23. The predicted octanol–water partition coefficient (Wildman–Crippen LogP) is 3.48. The Bertz CT molecular complexity index is 723. The molecule has 126 valence electrons. The highest BCUT2D eigenvalue weighted by atomic mass is 35.5. The van der Waals surface area contributed by atoms with Crippen LogP contribution < -0.4 is 20.6 Å². The Labute approximate surface area is 151 Å². The third-order valence-corrected chi connectivity index (χ3v) is 3.32. The van der Waals surface area contributed by atoms with E-state index in [1.54, 1.807) is 18.3 Å². The number of hydrogen-bond acceptors (Lipinski definition) is 4. The highest BCUT2D eigenvalue weighted by Crippen LogP contribution is 2.36. The molecule has 0 saturated heterocycles. The Balaban J connectivity index is 2.20. The molecular weight excluding hydrogens is 346 g/mol. The zero-order valence-electron chi connectivity index (χ0n) is 13.2. The molecule has 24 heavy (non-hydrogen) atoms. The summed E-state index contributed by atoms with van der Waals surface area (Å²) in [4.78, 5) is 0. The zero-order chi connectivity index (χ0) is 17.4. The third kappa shape index (κ3) is 5.40. The van der Waals surface area contributed by atoms with Crippen LogP contribution >= 0.6 is 23.8 Å².